The number of ether oxygens (including phenoxy) is 2. The van der Waals surface area contributed by atoms with Crippen LogP contribution >= 0.6 is 22.9 Å². The zero-order chi connectivity index (χ0) is 23.7. The molecule has 0 fully saturated rings. The molecule has 34 heavy (non-hydrogen) atoms. The highest BCUT2D eigenvalue weighted by atomic mass is 35.5. The maximum Gasteiger partial charge on any atom is 0.207 e. The van der Waals surface area contributed by atoms with Gasteiger partial charge < -0.3 is 9.47 Å². The number of hydrogen-bond donors (Lipinski definition) is 0. The number of hydrazone groups is 1. The van der Waals surface area contributed by atoms with Crippen LogP contribution < -0.4 is 14.5 Å². The first-order chi connectivity index (χ1) is 16.6. The minimum atomic E-state index is -0.0255. The molecule has 5 nitrogen and oxygen atoms in total. The lowest BCUT2D eigenvalue weighted by Gasteiger charge is -2.22. The van der Waals surface area contributed by atoms with Crippen molar-refractivity contribution in [2.45, 2.75) is 19.4 Å². The second-order valence-electron chi connectivity index (χ2n) is 8.11. The second kappa shape index (κ2) is 9.49. The predicted octanol–water partition coefficient (Wildman–Crippen LogP) is 7.14. The van der Waals surface area contributed by atoms with Gasteiger partial charge >= 0.3 is 0 Å². The highest BCUT2D eigenvalue weighted by Gasteiger charge is 2.32. The van der Waals surface area contributed by atoms with Crippen molar-refractivity contribution in [1.29, 1.82) is 0 Å². The molecule has 0 aliphatic carbocycles. The largest absolute Gasteiger partial charge is 0.493 e. The third-order valence-electron chi connectivity index (χ3n) is 5.92. The molecule has 2 heterocycles. The van der Waals surface area contributed by atoms with Gasteiger partial charge in [-0.2, -0.15) is 5.10 Å². The minimum absolute atomic E-state index is 0.0255. The third kappa shape index (κ3) is 4.39. The number of methoxy groups -OCH3 is 2. The van der Waals surface area contributed by atoms with E-state index in [4.69, 9.17) is 31.2 Å². The Balaban J connectivity index is 1.54. The molecule has 0 saturated heterocycles. The molecule has 172 valence electrons. The summed E-state index contributed by atoms with van der Waals surface area (Å²) in [5.41, 5.74) is 6.39. The average molecular weight is 490 g/mol. The van der Waals surface area contributed by atoms with E-state index in [1.807, 2.05) is 41.4 Å². The first-order valence-electron chi connectivity index (χ1n) is 10.9. The molecule has 0 saturated carbocycles. The summed E-state index contributed by atoms with van der Waals surface area (Å²) < 4.78 is 11.0. The van der Waals surface area contributed by atoms with Gasteiger partial charge in [0, 0.05) is 22.4 Å². The summed E-state index contributed by atoms with van der Waals surface area (Å²) >= 11 is 7.71. The van der Waals surface area contributed by atoms with Crippen LogP contribution in [0.15, 0.2) is 77.2 Å². The zero-order valence-electron chi connectivity index (χ0n) is 19.2. The van der Waals surface area contributed by atoms with E-state index in [0.717, 1.165) is 39.6 Å². The van der Waals surface area contributed by atoms with Crippen molar-refractivity contribution in [3.63, 3.8) is 0 Å². The molecule has 1 atom stereocenters. The van der Waals surface area contributed by atoms with E-state index in [-0.39, 0.29) is 6.04 Å². The predicted molar refractivity (Wildman–Crippen MR) is 140 cm³/mol. The second-order valence-corrected chi connectivity index (χ2v) is 9.39. The summed E-state index contributed by atoms with van der Waals surface area (Å²) in [4.78, 5) is 4.95. The molecule has 1 aliphatic heterocycles. The van der Waals surface area contributed by atoms with Crippen LogP contribution in [0.1, 0.15) is 29.2 Å². The molecule has 0 spiro atoms. The molecule has 7 heteroatoms. The van der Waals surface area contributed by atoms with Crippen molar-refractivity contribution in [2.75, 3.05) is 19.2 Å². The maximum atomic E-state index is 6.12. The lowest BCUT2D eigenvalue weighted by atomic mass is 9.98. The molecule has 0 bridgehead atoms. The minimum Gasteiger partial charge on any atom is -0.493 e. The first-order valence-corrected chi connectivity index (χ1v) is 12.2. The summed E-state index contributed by atoms with van der Waals surface area (Å²) in [5, 5.41) is 10.7. The van der Waals surface area contributed by atoms with E-state index in [2.05, 4.69) is 42.6 Å². The van der Waals surface area contributed by atoms with Gasteiger partial charge in [0.15, 0.2) is 11.5 Å². The van der Waals surface area contributed by atoms with Gasteiger partial charge in [-0.05, 0) is 42.3 Å². The summed E-state index contributed by atoms with van der Waals surface area (Å²) in [6, 6.07) is 22.2. The van der Waals surface area contributed by atoms with E-state index in [9.17, 15) is 0 Å². The van der Waals surface area contributed by atoms with Gasteiger partial charge in [-0.15, -0.1) is 11.3 Å². The van der Waals surface area contributed by atoms with Gasteiger partial charge in [-0.3, -0.25) is 0 Å². The Morgan fingerprint density at radius 2 is 1.62 bits per heavy atom. The normalized spacial score (nSPS) is 15.4. The SMILES string of the molecule is COc1ccc(C2CC(c3ccc(Cl)cc3)=NN2c2nc(-c3ccc(C)cc3)cs2)cc1OC. The van der Waals surface area contributed by atoms with E-state index in [1.165, 1.54) is 5.56 Å². The van der Waals surface area contributed by atoms with Gasteiger partial charge in [0.25, 0.3) is 0 Å². The number of nitrogens with zero attached hydrogens (tertiary/aromatic N) is 3. The van der Waals surface area contributed by atoms with Gasteiger partial charge in [0.05, 0.1) is 31.7 Å². The van der Waals surface area contributed by atoms with E-state index in [1.54, 1.807) is 25.6 Å². The van der Waals surface area contributed by atoms with Gasteiger partial charge in [0.1, 0.15) is 0 Å². The van der Waals surface area contributed by atoms with Crippen molar-refractivity contribution in [3.8, 4) is 22.8 Å². The molecule has 0 radical (unpaired) electrons. The number of anilines is 1. The number of thiazole rings is 1. The molecule has 1 unspecified atom stereocenters. The summed E-state index contributed by atoms with van der Waals surface area (Å²) in [7, 11) is 3.29. The Labute approximate surface area is 208 Å². The van der Waals surface area contributed by atoms with Crippen LogP contribution in [0.25, 0.3) is 11.3 Å². The van der Waals surface area contributed by atoms with Crippen molar-refractivity contribution in [1.82, 2.24) is 4.98 Å². The van der Waals surface area contributed by atoms with Gasteiger partial charge in [-0.1, -0.05) is 59.6 Å². The number of rotatable bonds is 6. The lowest BCUT2D eigenvalue weighted by molar-refractivity contribution is 0.354. The molecule has 0 amide bonds. The van der Waals surface area contributed by atoms with Crippen LogP contribution in [-0.2, 0) is 0 Å². The molecule has 1 aromatic heterocycles. The Kier molecular flexibility index (Phi) is 6.26. The number of halogens is 1. The summed E-state index contributed by atoms with van der Waals surface area (Å²) in [5.74, 6) is 1.39. The molecule has 3 aromatic carbocycles. The van der Waals surface area contributed by atoms with Crippen molar-refractivity contribution in [3.05, 3.63) is 93.8 Å². The van der Waals surface area contributed by atoms with Crippen molar-refractivity contribution in [2.24, 2.45) is 5.10 Å². The highest BCUT2D eigenvalue weighted by molar-refractivity contribution is 7.14. The monoisotopic (exact) mass is 489 g/mol. The highest BCUT2D eigenvalue weighted by Crippen LogP contribution is 2.41. The Bertz CT molecular complexity index is 1330. The average Bonchev–Trinajstić information content (AvgIpc) is 3.52. The molecule has 5 rings (SSSR count). The van der Waals surface area contributed by atoms with E-state index in [0.29, 0.717) is 16.5 Å². The van der Waals surface area contributed by atoms with Crippen molar-refractivity contribution < 1.29 is 9.47 Å². The number of hydrogen-bond acceptors (Lipinski definition) is 6. The summed E-state index contributed by atoms with van der Waals surface area (Å²) in [6.07, 6.45) is 0.733. The van der Waals surface area contributed by atoms with Crippen LogP contribution in [0.5, 0.6) is 11.5 Å². The fourth-order valence-electron chi connectivity index (χ4n) is 4.05. The molecular weight excluding hydrogens is 466 g/mol. The molecule has 4 aromatic rings. The van der Waals surface area contributed by atoms with Crippen LogP contribution in [0.3, 0.4) is 0 Å². The number of aryl methyl sites for hydroxylation is 1. The molecule has 1 aliphatic rings. The van der Waals surface area contributed by atoms with Crippen LogP contribution in [-0.4, -0.2) is 24.9 Å². The molecule has 0 N–H and O–H groups in total. The smallest absolute Gasteiger partial charge is 0.207 e. The molecular formula is C27H24ClN3O2S. The van der Waals surface area contributed by atoms with Gasteiger partial charge in [0.2, 0.25) is 5.13 Å². The van der Waals surface area contributed by atoms with E-state index >= 15 is 0 Å². The Morgan fingerprint density at radius 3 is 2.32 bits per heavy atom. The van der Waals surface area contributed by atoms with E-state index < -0.39 is 0 Å². The third-order valence-corrected chi connectivity index (χ3v) is 7.00. The Hall–Kier alpha value is -3.35. The van der Waals surface area contributed by atoms with Crippen LogP contribution in [0, 0.1) is 6.92 Å². The first kappa shape index (κ1) is 22.4. The summed E-state index contributed by atoms with van der Waals surface area (Å²) in [6.45, 7) is 2.08. The number of aromatic nitrogens is 1. The van der Waals surface area contributed by atoms with Crippen LogP contribution in [0.2, 0.25) is 5.02 Å². The quantitative estimate of drug-likeness (QED) is 0.288. The topological polar surface area (TPSA) is 47.0 Å². The standard InChI is InChI=1S/C27H24ClN3O2S/c1-17-4-6-19(7-5-17)23-16-34-27(29-23)31-24(20-10-13-25(32-2)26(14-20)33-3)15-22(30-31)18-8-11-21(28)12-9-18/h4-14,16,24H,15H2,1-3H3. The fraction of sp³-hybridized carbons (Fsp3) is 0.185. The Morgan fingerprint density at radius 1 is 0.912 bits per heavy atom. The van der Waals surface area contributed by atoms with Gasteiger partial charge in [-0.25, -0.2) is 9.99 Å². The zero-order valence-corrected chi connectivity index (χ0v) is 20.7. The van der Waals surface area contributed by atoms with Crippen LogP contribution in [0.4, 0.5) is 5.13 Å². The fourth-order valence-corrected chi connectivity index (χ4v) is 5.01. The lowest BCUT2D eigenvalue weighted by Crippen LogP contribution is -2.18. The maximum absolute atomic E-state index is 6.12. The van der Waals surface area contributed by atoms with Crippen molar-refractivity contribution >= 4 is 33.8 Å². The number of benzene rings is 3.